The zero-order valence-corrected chi connectivity index (χ0v) is 17.6. The van der Waals surface area contributed by atoms with Crippen LogP contribution in [0.4, 0.5) is 0 Å². The second-order valence-electron chi connectivity index (χ2n) is 6.60. The Morgan fingerprint density at radius 1 is 1.14 bits per heavy atom. The Labute approximate surface area is 173 Å². The highest BCUT2D eigenvalue weighted by molar-refractivity contribution is 7.16. The molecule has 0 aliphatic heterocycles. The molecule has 0 spiro atoms. The quantitative estimate of drug-likeness (QED) is 0.551. The van der Waals surface area contributed by atoms with Gasteiger partial charge in [-0.15, -0.1) is 0 Å². The molecule has 0 aliphatic carbocycles. The fourth-order valence-electron chi connectivity index (χ4n) is 2.99. The molecule has 2 aromatic carbocycles. The zero-order chi connectivity index (χ0) is 20.8. The summed E-state index contributed by atoms with van der Waals surface area (Å²) in [5.41, 5.74) is 2.52. The van der Waals surface area contributed by atoms with Crippen LogP contribution in [0.1, 0.15) is 35.7 Å². The van der Waals surface area contributed by atoms with Crippen LogP contribution in [0.3, 0.4) is 0 Å². The molecule has 0 N–H and O–H groups in total. The van der Waals surface area contributed by atoms with E-state index in [-0.39, 0.29) is 12.5 Å². The molecule has 0 aliphatic rings. The Hall–Kier alpha value is -2.93. The molecule has 1 amide bonds. The number of fused-ring (bicyclic) bond motifs is 1. The fraction of sp³-hybridized carbons (Fsp3) is 0.318. The molecule has 6 nitrogen and oxygen atoms in total. The Bertz CT molecular complexity index is 1100. The third-order valence-electron chi connectivity index (χ3n) is 4.59. The first-order valence-corrected chi connectivity index (χ1v) is 10.3. The molecule has 1 aromatic heterocycles. The number of hydrogen-bond donors (Lipinski definition) is 0. The van der Waals surface area contributed by atoms with Gasteiger partial charge in [0.25, 0.3) is 5.91 Å². The SMILES string of the molecule is CCCCc1ccc2c(c1)sc(=NC(=O)c1cccc(OC)c1)n2CC(=O)OC. The van der Waals surface area contributed by atoms with Crippen molar-refractivity contribution in [1.82, 2.24) is 4.57 Å². The Kier molecular flexibility index (Phi) is 6.82. The van der Waals surface area contributed by atoms with Gasteiger partial charge in [-0.05, 0) is 48.7 Å². The van der Waals surface area contributed by atoms with E-state index in [9.17, 15) is 9.59 Å². The van der Waals surface area contributed by atoms with Gasteiger partial charge < -0.3 is 14.0 Å². The van der Waals surface area contributed by atoms with Gasteiger partial charge in [-0.1, -0.05) is 36.8 Å². The lowest BCUT2D eigenvalue weighted by atomic mass is 10.1. The van der Waals surface area contributed by atoms with E-state index >= 15 is 0 Å². The number of carbonyl (C=O) groups excluding carboxylic acids is 2. The van der Waals surface area contributed by atoms with Crippen LogP contribution < -0.4 is 9.54 Å². The van der Waals surface area contributed by atoms with Gasteiger partial charge in [-0.3, -0.25) is 9.59 Å². The number of unbranched alkanes of at least 4 members (excludes halogenated alkanes) is 1. The van der Waals surface area contributed by atoms with Gasteiger partial charge in [0.1, 0.15) is 12.3 Å². The number of esters is 1. The van der Waals surface area contributed by atoms with Crippen molar-refractivity contribution in [1.29, 1.82) is 0 Å². The van der Waals surface area contributed by atoms with E-state index in [1.807, 2.05) is 6.07 Å². The van der Waals surface area contributed by atoms with E-state index in [0.717, 1.165) is 29.5 Å². The van der Waals surface area contributed by atoms with Crippen LogP contribution in [0.25, 0.3) is 10.2 Å². The molecule has 0 saturated carbocycles. The van der Waals surface area contributed by atoms with E-state index in [4.69, 9.17) is 9.47 Å². The van der Waals surface area contributed by atoms with Gasteiger partial charge in [-0.2, -0.15) is 4.99 Å². The molecule has 0 bridgehead atoms. The van der Waals surface area contributed by atoms with Gasteiger partial charge >= 0.3 is 5.97 Å². The van der Waals surface area contributed by atoms with Crippen molar-refractivity contribution in [3.05, 3.63) is 58.4 Å². The molecule has 0 saturated heterocycles. The lowest BCUT2D eigenvalue weighted by Crippen LogP contribution is -2.22. The number of methoxy groups -OCH3 is 2. The van der Waals surface area contributed by atoms with Crippen molar-refractivity contribution in [3.63, 3.8) is 0 Å². The summed E-state index contributed by atoms with van der Waals surface area (Å²) in [4.78, 5) is 29.4. The molecule has 152 valence electrons. The number of nitrogens with zero attached hydrogens (tertiary/aromatic N) is 2. The lowest BCUT2D eigenvalue weighted by Gasteiger charge is -2.05. The van der Waals surface area contributed by atoms with Crippen LogP contribution in [0, 0.1) is 0 Å². The normalized spacial score (nSPS) is 11.6. The average molecular weight is 413 g/mol. The van der Waals surface area contributed by atoms with Crippen molar-refractivity contribution >= 4 is 33.4 Å². The summed E-state index contributed by atoms with van der Waals surface area (Å²) < 4.78 is 12.7. The first kappa shape index (κ1) is 20.8. The number of ether oxygens (including phenoxy) is 2. The molecule has 0 atom stereocenters. The second-order valence-corrected chi connectivity index (χ2v) is 7.61. The van der Waals surface area contributed by atoms with Crippen LogP contribution in [0.15, 0.2) is 47.5 Å². The summed E-state index contributed by atoms with van der Waals surface area (Å²) in [5, 5.41) is 0. The van der Waals surface area contributed by atoms with Crippen LogP contribution in [-0.4, -0.2) is 30.7 Å². The van der Waals surface area contributed by atoms with Crippen LogP contribution in [0.5, 0.6) is 5.75 Å². The summed E-state index contributed by atoms with van der Waals surface area (Å²) >= 11 is 1.39. The van der Waals surface area contributed by atoms with Crippen LogP contribution >= 0.6 is 11.3 Å². The van der Waals surface area contributed by atoms with E-state index < -0.39 is 5.97 Å². The number of rotatable bonds is 7. The number of carbonyl (C=O) groups is 2. The molecule has 0 radical (unpaired) electrons. The maximum absolute atomic E-state index is 12.7. The number of thiazole rings is 1. The third-order valence-corrected chi connectivity index (χ3v) is 5.64. The molecule has 29 heavy (non-hydrogen) atoms. The summed E-state index contributed by atoms with van der Waals surface area (Å²) in [6.07, 6.45) is 3.24. The first-order chi connectivity index (χ1) is 14.0. The van der Waals surface area contributed by atoms with Crippen molar-refractivity contribution in [2.24, 2.45) is 4.99 Å². The number of aryl methyl sites for hydroxylation is 1. The molecule has 3 aromatic rings. The fourth-order valence-corrected chi connectivity index (χ4v) is 4.08. The molecule has 0 unspecified atom stereocenters. The molecule has 1 heterocycles. The lowest BCUT2D eigenvalue weighted by molar-refractivity contribution is -0.141. The van der Waals surface area contributed by atoms with Gasteiger partial charge in [0.2, 0.25) is 0 Å². The average Bonchev–Trinajstić information content (AvgIpc) is 3.08. The summed E-state index contributed by atoms with van der Waals surface area (Å²) in [5.74, 6) is -0.194. The van der Waals surface area contributed by atoms with Crippen molar-refractivity contribution in [2.75, 3.05) is 14.2 Å². The standard InChI is InChI=1S/C22H24N2O4S/c1-4-5-7-15-10-11-18-19(12-15)29-22(24(18)14-20(25)28-3)23-21(26)16-8-6-9-17(13-16)27-2/h6,8-13H,4-5,7,14H2,1-3H3. The van der Waals surface area contributed by atoms with E-state index in [2.05, 4.69) is 24.0 Å². The predicted octanol–water partition coefficient (Wildman–Crippen LogP) is 3.97. The monoisotopic (exact) mass is 412 g/mol. The minimum absolute atomic E-state index is 0.00493. The van der Waals surface area contributed by atoms with E-state index in [1.54, 1.807) is 35.9 Å². The third kappa shape index (κ3) is 4.92. The van der Waals surface area contributed by atoms with Gasteiger partial charge in [0, 0.05) is 5.56 Å². The predicted molar refractivity (Wildman–Crippen MR) is 113 cm³/mol. The Balaban J connectivity index is 2.08. The van der Waals surface area contributed by atoms with Crippen molar-refractivity contribution < 1.29 is 19.1 Å². The summed E-state index contributed by atoms with van der Waals surface area (Å²) in [6.45, 7) is 2.16. The van der Waals surface area contributed by atoms with Gasteiger partial charge in [0.05, 0.1) is 24.4 Å². The molecule has 7 heteroatoms. The highest BCUT2D eigenvalue weighted by Gasteiger charge is 2.13. The number of aromatic nitrogens is 1. The van der Waals surface area contributed by atoms with Gasteiger partial charge in [0.15, 0.2) is 4.80 Å². The molecular formula is C22H24N2O4S. The maximum atomic E-state index is 12.7. The summed E-state index contributed by atoms with van der Waals surface area (Å²) in [7, 11) is 2.89. The zero-order valence-electron chi connectivity index (χ0n) is 16.8. The molecule has 3 rings (SSSR count). The number of amides is 1. The summed E-state index contributed by atoms with van der Waals surface area (Å²) in [6, 6.07) is 13.0. The number of hydrogen-bond acceptors (Lipinski definition) is 5. The molecular weight excluding hydrogens is 388 g/mol. The Morgan fingerprint density at radius 3 is 2.69 bits per heavy atom. The first-order valence-electron chi connectivity index (χ1n) is 9.48. The van der Waals surface area contributed by atoms with Crippen molar-refractivity contribution in [3.8, 4) is 5.75 Å². The minimum Gasteiger partial charge on any atom is -0.497 e. The van der Waals surface area contributed by atoms with Crippen molar-refractivity contribution in [2.45, 2.75) is 32.7 Å². The smallest absolute Gasteiger partial charge is 0.325 e. The molecule has 0 fully saturated rings. The van der Waals surface area contributed by atoms with E-state index in [0.29, 0.717) is 16.1 Å². The largest absolute Gasteiger partial charge is 0.497 e. The minimum atomic E-state index is -0.393. The van der Waals surface area contributed by atoms with Crippen LogP contribution in [-0.2, 0) is 22.5 Å². The number of benzene rings is 2. The van der Waals surface area contributed by atoms with Crippen LogP contribution in [0.2, 0.25) is 0 Å². The van der Waals surface area contributed by atoms with Gasteiger partial charge in [-0.25, -0.2) is 0 Å². The second kappa shape index (κ2) is 9.52. The topological polar surface area (TPSA) is 69.9 Å². The highest BCUT2D eigenvalue weighted by atomic mass is 32.1. The Morgan fingerprint density at radius 2 is 1.97 bits per heavy atom. The maximum Gasteiger partial charge on any atom is 0.325 e. The highest BCUT2D eigenvalue weighted by Crippen LogP contribution is 2.21. The van der Waals surface area contributed by atoms with E-state index in [1.165, 1.54) is 24.0 Å².